The molecule has 0 aromatic rings. The van der Waals surface area contributed by atoms with Gasteiger partial charge in [-0.05, 0) is 25.9 Å². The molecule has 1 aliphatic rings. The summed E-state index contributed by atoms with van der Waals surface area (Å²) in [5.41, 5.74) is 5.49. The summed E-state index contributed by atoms with van der Waals surface area (Å²) in [5.74, 6) is 0. The van der Waals surface area contributed by atoms with Crippen molar-refractivity contribution in [2.75, 3.05) is 65.6 Å². The van der Waals surface area contributed by atoms with Crippen LogP contribution < -0.4 is 5.73 Å². The van der Waals surface area contributed by atoms with Gasteiger partial charge >= 0.3 is 0 Å². The molecule has 0 unspecified atom stereocenters. The van der Waals surface area contributed by atoms with Crippen LogP contribution in [-0.4, -0.2) is 80.5 Å². The Morgan fingerprint density at radius 1 is 0.889 bits per heavy atom. The second kappa shape index (κ2) is 10.7. The molecule has 1 aliphatic heterocycles. The van der Waals surface area contributed by atoms with E-state index in [1.54, 1.807) is 0 Å². The number of ether oxygens (including phenoxy) is 1. The third-order valence-corrected chi connectivity index (χ3v) is 3.43. The molecule has 18 heavy (non-hydrogen) atoms. The number of piperazine rings is 1. The van der Waals surface area contributed by atoms with E-state index in [1.807, 2.05) is 0 Å². The van der Waals surface area contributed by atoms with Crippen molar-refractivity contribution >= 4 is 0 Å². The fourth-order valence-corrected chi connectivity index (χ4v) is 2.25. The summed E-state index contributed by atoms with van der Waals surface area (Å²) in [6.45, 7) is 8.95. The van der Waals surface area contributed by atoms with Gasteiger partial charge in [0.25, 0.3) is 0 Å². The minimum Gasteiger partial charge on any atom is -0.394 e. The lowest BCUT2D eigenvalue weighted by Crippen LogP contribution is -2.47. The van der Waals surface area contributed by atoms with Crippen molar-refractivity contribution in [2.45, 2.75) is 19.3 Å². The molecule has 0 aliphatic carbocycles. The highest BCUT2D eigenvalue weighted by Gasteiger charge is 2.15. The monoisotopic (exact) mass is 259 g/mol. The molecule has 5 heteroatoms. The fraction of sp³-hybridized carbons (Fsp3) is 1.00. The molecule has 3 N–H and O–H groups in total. The van der Waals surface area contributed by atoms with Crippen molar-refractivity contribution in [1.29, 1.82) is 0 Å². The van der Waals surface area contributed by atoms with E-state index < -0.39 is 0 Å². The maximum atomic E-state index is 8.61. The first-order valence-corrected chi connectivity index (χ1v) is 7.20. The summed E-state index contributed by atoms with van der Waals surface area (Å²) in [5, 5.41) is 8.61. The lowest BCUT2D eigenvalue weighted by Gasteiger charge is -2.34. The molecular formula is C13H29N3O2. The van der Waals surface area contributed by atoms with Gasteiger partial charge in [-0.25, -0.2) is 0 Å². The van der Waals surface area contributed by atoms with Crippen molar-refractivity contribution in [3.63, 3.8) is 0 Å². The van der Waals surface area contributed by atoms with E-state index in [4.69, 9.17) is 15.6 Å². The van der Waals surface area contributed by atoms with Crippen LogP contribution in [0.2, 0.25) is 0 Å². The van der Waals surface area contributed by atoms with Crippen molar-refractivity contribution in [3.8, 4) is 0 Å². The van der Waals surface area contributed by atoms with E-state index in [-0.39, 0.29) is 6.61 Å². The van der Waals surface area contributed by atoms with E-state index in [2.05, 4.69) is 9.80 Å². The molecule has 0 atom stereocenters. The molecule has 5 nitrogen and oxygen atoms in total. The van der Waals surface area contributed by atoms with Crippen LogP contribution in [0.1, 0.15) is 19.3 Å². The SMILES string of the molecule is NCCCCCN1CCN(CCOCCO)CC1. The molecular weight excluding hydrogens is 230 g/mol. The Hall–Kier alpha value is -0.200. The second-order valence-corrected chi connectivity index (χ2v) is 4.87. The van der Waals surface area contributed by atoms with Crippen LogP contribution in [0, 0.1) is 0 Å². The fourth-order valence-electron chi connectivity index (χ4n) is 2.25. The van der Waals surface area contributed by atoms with Crippen molar-refractivity contribution < 1.29 is 9.84 Å². The van der Waals surface area contributed by atoms with E-state index in [1.165, 1.54) is 32.5 Å². The zero-order valence-electron chi connectivity index (χ0n) is 11.5. The number of aliphatic hydroxyl groups is 1. The first kappa shape index (κ1) is 15.9. The Balaban J connectivity index is 1.95. The van der Waals surface area contributed by atoms with Gasteiger partial charge in [-0.1, -0.05) is 6.42 Å². The van der Waals surface area contributed by atoms with Gasteiger partial charge in [0.1, 0.15) is 0 Å². The van der Waals surface area contributed by atoms with E-state index in [0.29, 0.717) is 6.61 Å². The molecule has 1 fully saturated rings. The van der Waals surface area contributed by atoms with Crippen LogP contribution in [0.25, 0.3) is 0 Å². The molecule has 0 amide bonds. The maximum Gasteiger partial charge on any atom is 0.0698 e. The van der Waals surface area contributed by atoms with Crippen LogP contribution in [0.5, 0.6) is 0 Å². The molecule has 0 bridgehead atoms. The van der Waals surface area contributed by atoms with Crippen LogP contribution in [-0.2, 0) is 4.74 Å². The molecule has 0 aromatic carbocycles. The summed E-state index contributed by atoms with van der Waals surface area (Å²) < 4.78 is 5.29. The maximum absolute atomic E-state index is 8.61. The van der Waals surface area contributed by atoms with Gasteiger partial charge in [0.2, 0.25) is 0 Å². The van der Waals surface area contributed by atoms with Gasteiger partial charge in [0, 0.05) is 32.7 Å². The van der Waals surface area contributed by atoms with Gasteiger partial charge in [-0.2, -0.15) is 0 Å². The van der Waals surface area contributed by atoms with Crippen LogP contribution in [0.3, 0.4) is 0 Å². The molecule has 108 valence electrons. The predicted molar refractivity (Wildman–Crippen MR) is 73.7 cm³/mol. The number of hydrogen-bond donors (Lipinski definition) is 2. The largest absolute Gasteiger partial charge is 0.394 e. The number of aliphatic hydroxyl groups excluding tert-OH is 1. The molecule has 0 radical (unpaired) electrons. The van der Waals surface area contributed by atoms with Crippen LogP contribution in [0.15, 0.2) is 0 Å². The third kappa shape index (κ3) is 7.28. The van der Waals surface area contributed by atoms with Gasteiger partial charge in [-0.15, -0.1) is 0 Å². The Kier molecular flexibility index (Phi) is 9.42. The second-order valence-electron chi connectivity index (χ2n) is 4.87. The number of hydrogen-bond acceptors (Lipinski definition) is 5. The molecule has 0 spiro atoms. The van der Waals surface area contributed by atoms with Crippen LogP contribution in [0.4, 0.5) is 0 Å². The lowest BCUT2D eigenvalue weighted by molar-refractivity contribution is 0.0573. The van der Waals surface area contributed by atoms with Gasteiger partial charge in [0.05, 0.1) is 19.8 Å². The topological polar surface area (TPSA) is 62.0 Å². The highest BCUT2D eigenvalue weighted by atomic mass is 16.5. The average Bonchev–Trinajstić information content (AvgIpc) is 2.41. The van der Waals surface area contributed by atoms with E-state index in [0.717, 1.165) is 39.2 Å². The number of nitrogens with two attached hydrogens (primary N) is 1. The molecule has 1 heterocycles. The van der Waals surface area contributed by atoms with Crippen molar-refractivity contribution in [2.24, 2.45) is 5.73 Å². The van der Waals surface area contributed by atoms with E-state index >= 15 is 0 Å². The molecule has 1 saturated heterocycles. The molecule has 0 aromatic heterocycles. The standard InChI is InChI=1S/C13H29N3O2/c14-4-2-1-3-5-15-6-8-16(9-7-15)10-12-18-13-11-17/h17H,1-14H2. The Labute approximate surface area is 111 Å². The first-order chi connectivity index (χ1) is 8.86. The molecule has 0 saturated carbocycles. The van der Waals surface area contributed by atoms with E-state index in [9.17, 15) is 0 Å². The summed E-state index contributed by atoms with van der Waals surface area (Å²) in [6, 6.07) is 0. The minimum atomic E-state index is 0.122. The summed E-state index contributed by atoms with van der Waals surface area (Å²) in [6.07, 6.45) is 3.69. The summed E-state index contributed by atoms with van der Waals surface area (Å²) >= 11 is 0. The highest BCUT2D eigenvalue weighted by molar-refractivity contribution is 4.71. The summed E-state index contributed by atoms with van der Waals surface area (Å²) in [7, 11) is 0. The van der Waals surface area contributed by atoms with Crippen molar-refractivity contribution in [1.82, 2.24) is 9.80 Å². The lowest BCUT2D eigenvalue weighted by atomic mass is 10.2. The van der Waals surface area contributed by atoms with Gasteiger partial charge < -0.3 is 20.5 Å². The zero-order valence-corrected chi connectivity index (χ0v) is 11.5. The van der Waals surface area contributed by atoms with Gasteiger partial charge in [-0.3, -0.25) is 4.90 Å². The molecule has 1 rings (SSSR count). The Morgan fingerprint density at radius 2 is 1.56 bits per heavy atom. The third-order valence-electron chi connectivity index (χ3n) is 3.43. The number of unbranched alkanes of at least 4 members (excludes halogenated alkanes) is 2. The highest BCUT2D eigenvalue weighted by Crippen LogP contribution is 2.04. The Morgan fingerprint density at radius 3 is 2.17 bits per heavy atom. The number of rotatable bonds is 10. The van der Waals surface area contributed by atoms with Gasteiger partial charge in [0.15, 0.2) is 0 Å². The minimum absolute atomic E-state index is 0.122. The smallest absolute Gasteiger partial charge is 0.0698 e. The first-order valence-electron chi connectivity index (χ1n) is 7.20. The quantitative estimate of drug-likeness (QED) is 0.529. The number of nitrogens with zero attached hydrogens (tertiary/aromatic N) is 2. The van der Waals surface area contributed by atoms with Crippen LogP contribution >= 0.6 is 0 Å². The average molecular weight is 259 g/mol. The van der Waals surface area contributed by atoms with Crippen molar-refractivity contribution in [3.05, 3.63) is 0 Å². The zero-order chi connectivity index (χ0) is 13.1. The predicted octanol–water partition coefficient (Wildman–Crippen LogP) is -0.258. The normalized spacial score (nSPS) is 18.3. The Bertz CT molecular complexity index is 165. The summed E-state index contributed by atoms with van der Waals surface area (Å²) in [4.78, 5) is 4.98.